The number of likely N-dealkylation sites (tertiary alicyclic amines) is 2. The van der Waals surface area contributed by atoms with Gasteiger partial charge in [0.2, 0.25) is 11.8 Å². The Balaban J connectivity index is 1.70. The Morgan fingerprint density at radius 1 is 1.27 bits per heavy atom. The van der Waals surface area contributed by atoms with E-state index in [9.17, 15) is 9.59 Å². The third kappa shape index (κ3) is 2.58. The van der Waals surface area contributed by atoms with Gasteiger partial charge in [0.05, 0.1) is 5.69 Å². The number of hydrogen-bond donors (Lipinski definition) is 0. The lowest BCUT2D eigenvalue weighted by atomic mass is 9.85. The number of carbonyl (C=O) groups excluding carboxylic acids is 2. The van der Waals surface area contributed by atoms with Crippen LogP contribution in [-0.2, 0) is 16.0 Å². The summed E-state index contributed by atoms with van der Waals surface area (Å²) in [4.78, 5) is 37.1. The fourth-order valence-electron chi connectivity index (χ4n) is 3.73. The highest BCUT2D eigenvalue weighted by atomic mass is 16.2. The summed E-state index contributed by atoms with van der Waals surface area (Å²) in [5.41, 5.74) is 0.239. The second-order valence-electron chi connectivity index (χ2n) is 6.21. The van der Waals surface area contributed by atoms with Crippen LogP contribution in [0.15, 0.2) is 18.6 Å². The zero-order valence-corrected chi connectivity index (χ0v) is 13.0. The lowest BCUT2D eigenvalue weighted by Crippen LogP contribution is -2.60. The van der Waals surface area contributed by atoms with Gasteiger partial charge in [-0.05, 0) is 32.1 Å². The van der Waals surface area contributed by atoms with Gasteiger partial charge in [-0.2, -0.15) is 0 Å². The van der Waals surface area contributed by atoms with E-state index in [4.69, 9.17) is 0 Å². The van der Waals surface area contributed by atoms with Crippen LogP contribution >= 0.6 is 0 Å². The number of amides is 2. The maximum atomic E-state index is 12.7. The van der Waals surface area contributed by atoms with Gasteiger partial charge >= 0.3 is 0 Å². The van der Waals surface area contributed by atoms with Crippen LogP contribution in [0.2, 0.25) is 0 Å². The van der Waals surface area contributed by atoms with Crippen LogP contribution in [-0.4, -0.2) is 57.3 Å². The predicted molar refractivity (Wildman–Crippen MR) is 80.9 cm³/mol. The molecule has 0 aromatic carbocycles. The number of nitrogens with zero attached hydrogens (tertiary/aromatic N) is 4. The Hall–Kier alpha value is -1.98. The fraction of sp³-hybridized carbons (Fsp3) is 0.625. The summed E-state index contributed by atoms with van der Waals surface area (Å²) < 4.78 is 0. The molecule has 2 aliphatic heterocycles. The maximum Gasteiger partial charge on any atom is 0.248 e. The molecule has 1 spiro atoms. The lowest BCUT2D eigenvalue weighted by molar-refractivity contribution is -0.154. The van der Waals surface area contributed by atoms with Gasteiger partial charge in [-0.3, -0.25) is 19.6 Å². The van der Waals surface area contributed by atoms with E-state index in [2.05, 4.69) is 9.97 Å². The van der Waals surface area contributed by atoms with Crippen LogP contribution in [0.3, 0.4) is 0 Å². The van der Waals surface area contributed by atoms with Gasteiger partial charge in [0.1, 0.15) is 5.54 Å². The molecule has 0 radical (unpaired) electrons. The third-order valence-corrected chi connectivity index (χ3v) is 4.83. The van der Waals surface area contributed by atoms with Crippen molar-refractivity contribution in [3.8, 4) is 0 Å². The van der Waals surface area contributed by atoms with Crippen molar-refractivity contribution in [2.45, 2.75) is 44.1 Å². The topological polar surface area (TPSA) is 66.4 Å². The minimum absolute atomic E-state index is 0.0619. The average molecular weight is 302 g/mol. The summed E-state index contributed by atoms with van der Waals surface area (Å²) in [7, 11) is 1.84. The Kier molecular flexibility index (Phi) is 4.09. The maximum absolute atomic E-state index is 12.7. The normalized spacial score (nSPS) is 25.0. The Morgan fingerprint density at radius 3 is 2.77 bits per heavy atom. The molecule has 0 aliphatic carbocycles. The predicted octanol–water partition coefficient (Wildman–Crippen LogP) is 1.02. The first-order valence-corrected chi connectivity index (χ1v) is 7.94. The highest BCUT2D eigenvalue weighted by molar-refractivity contribution is 5.92. The van der Waals surface area contributed by atoms with Crippen molar-refractivity contribution >= 4 is 11.8 Å². The number of likely N-dealkylation sites (N-methyl/N-ethyl adjacent to an activating group) is 1. The van der Waals surface area contributed by atoms with E-state index in [0.29, 0.717) is 19.4 Å². The first-order valence-electron chi connectivity index (χ1n) is 7.94. The number of piperidine rings is 1. The molecule has 6 nitrogen and oxygen atoms in total. The zero-order chi connectivity index (χ0) is 15.6. The molecule has 0 N–H and O–H groups in total. The van der Waals surface area contributed by atoms with Crippen molar-refractivity contribution in [3.63, 3.8) is 0 Å². The van der Waals surface area contributed by atoms with Crippen molar-refractivity contribution in [1.29, 1.82) is 0 Å². The standard InChI is InChI=1S/C16H22N4O2/c1-19-10-2-6-16(15(19)22)7-3-11-20(16)14(21)5-4-13-12-17-8-9-18-13/h8-9,12H,2-7,10-11H2,1H3. The first-order chi connectivity index (χ1) is 10.6. The van der Waals surface area contributed by atoms with Gasteiger partial charge in [-0.15, -0.1) is 0 Å². The van der Waals surface area contributed by atoms with Gasteiger partial charge in [-0.25, -0.2) is 0 Å². The van der Waals surface area contributed by atoms with Gasteiger partial charge < -0.3 is 9.80 Å². The number of aryl methyl sites for hydroxylation is 1. The molecular formula is C16H22N4O2. The first kappa shape index (κ1) is 14.9. The minimum atomic E-state index is -0.577. The van der Waals surface area contributed by atoms with E-state index < -0.39 is 5.54 Å². The summed E-state index contributed by atoms with van der Waals surface area (Å²) in [6.07, 6.45) is 9.38. The molecule has 118 valence electrons. The fourth-order valence-corrected chi connectivity index (χ4v) is 3.73. The minimum Gasteiger partial charge on any atom is -0.344 e. The van der Waals surface area contributed by atoms with Crippen molar-refractivity contribution < 1.29 is 9.59 Å². The van der Waals surface area contributed by atoms with Crippen LogP contribution in [0.25, 0.3) is 0 Å². The molecular weight excluding hydrogens is 280 g/mol. The monoisotopic (exact) mass is 302 g/mol. The second kappa shape index (κ2) is 6.02. The van der Waals surface area contributed by atoms with Crippen molar-refractivity contribution in [2.24, 2.45) is 0 Å². The molecule has 6 heteroatoms. The quantitative estimate of drug-likeness (QED) is 0.836. The van der Waals surface area contributed by atoms with Gasteiger partial charge in [0.25, 0.3) is 0 Å². The summed E-state index contributed by atoms with van der Waals surface area (Å²) >= 11 is 0. The molecule has 3 heterocycles. The largest absolute Gasteiger partial charge is 0.344 e. The number of aromatic nitrogens is 2. The molecule has 1 aromatic heterocycles. The highest BCUT2D eigenvalue weighted by Gasteiger charge is 2.51. The molecule has 0 saturated carbocycles. The molecule has 2 fully saturated rings. The molecule has 2 aliphatic rings. The number of rotatable bonds is 3. The summed E-state index contributed by atoms with van der Waals surface area (Å²) in [5, 5.41) is 0. The lowest BCUT2D eigenvalue weighted by Gasteiger charge is -2.43. The molecule has 1 aromatic rings. The zero-order valence-electron chi connectivity index (χ0n) is 13.0. The van der Waals surface area contributed by atoms with Gasteiger partial charge in [0, 0.05) is 45.1 Å². The number of hydrogen-bond acceptors (Lipinski definition) is 4. The Bertz CT molecular complexity index is 563. The van der Waals surface area contributed by atoms with Crippen LogP contribution in [0.1, 0.15) is 37.8 Å². The Labute approximate surface area is 130 Å². The van der Waals surface area contributed by atoms with Crippen LogP contribution in [0, 0.1) is 0 Å². The van der Waals surface area contributed by atoms with Crippen molar-refractivity contribution in [2.75, 3.05) is 20.1 Å². The third-order valence-electron chi connectivity index (χ3n) is 4.83. The molecule has 0 bridgehead atoms. The molecule has 2 amide bonds. The molecule has 22 heavy (non-hydrogen) atoms. The second-order valence-corrected chi connectivity index (χ2v) is 6.21. The van der Waals surface area contributed by atoms with E-state index in [-0.39, 0.29) is 11.8 Å². The van der Waals surface area contributed by atoms with Crippen LogP contribution in [0.5, 0.6) is 0 Å². The Morgan fingerprint density at radius 2 is 2.05 bits per heavy atom. The summed E-state index contributed by atoms with van der Waals surface area (Å²) in [5.74, 6) is 0.177. The smallest absolute Gasteiger partial charge is 0.248 e. The molecule has 2 saturated heterocycles. The molecule has 1 atom stereocenters. The molecule has 3 rings (SSSR count). The van der Waals surface area contributed by atoms with E-state index >= 15 is 0 Å². The van der Waals surface area contributed by atoms with Crippen LogP contribution < -0.4 is 0 Å². The van der Waals surface area contributed by atoms with Crippen molar-refractivity contribution in [3.05, 3.63) is 24.3 Å². The SMILES string of the molecule is CN1CCCC2(CCCN2C(=O)CCc2cnccn2)C1=O. The van der Waals surface area contributed by atoms with Gasteiger partial charge in [0.15, 0.2) is 0 Å². The van der Waals surface area contributed by atoms with E-state index in [1.807, 2.05) is 11.9 Å². The van der Waals surface area contributed by atoms with Crippen molar-refractivity contribution in [1.82, 2.24) is 19.8 Å². The number of carbonyl (C=O) groups is 2. The van der Waals surface area contributed by atoms with E-state index in [1.54, 1.807) is 23.5 Å². The summed E-state index contributed by atoms with van der Waals surface area (Å²) in [6, 6.07) is 0. The van der Waals surface area contributed by atoms with Gasteiger partial charge in [-0.1, -0.05) is 0 Å². The average Bonchev–Trinajstić information content (AvgIpc) is 2.96. The molecule has 1 unspecified atom stereocenters. The van der Waals surface area contributed by atoms with Crippen LogP contribution in [0.4, 0.5) is 0 Å². The summed E-state index contributed by atoms with van der Waals surface area (Å²) in [6.45, 7) is 1.49. The van der Waals surface area contributed by atoms with E-state index in [1.165, 1.54) is 0 Å². The van der Waals surface area contributed by atoms with E-state index in [0.717, 1.165) is 37.9 Å². The highest BCUT2D eigenvalue weighted by Crippen LogP contribution is 2.38.